The molecule has 3 heteroatoms. The highest BCUT2D eigenvalue weighted by Gasteiger charge is 1.93. The van der Waals surface area contributed by atoms with E-state index in [0.717, 1.165) is 19.3 Å². The minimum absolute atomic E-state index is 0.481. The van der Waals surface area contributed by atoms with Gasteiger partial charge in [-0.3, -0.25) is 4.79 Å². The van der Waals surface area contributed by atoms with Crippen LogP contribution in [0.25, 0.3) is 0 Å². The standard InChI is InChI=1S/C8H10N2O/c1-2-3-4-10-5-8(6-11)9-7-10/h2,5-7H,1,3-4H2. The van der Waals surface area contributed by atoms with E-state index in [4.69, 9.17) is 0 Å². The summed E-state index contributed by atoms with van der Waals surface area (Å²) in [6, 6.07) is 0. The molecule has 0 saturated carbocycles. The van der Waals surface area contributed by atoms with Gasteiger partial charge in [0.2, 0.25) is 0 Å². The van der Waals surface area contributed by atoms with Crippen LogP contribution in [0, 0.1) is 0 Å². The zero-order valence-electron chi connectivity index (χ0n) is 6.23. The average molecular weight is 150 g/mol. The Hall–Kier alpha value is -1.38. The summed E-state index contributed by atoms with van der Waals surface area (Å²) in [5.74, 6) is 0. The highest BCUT2D eigenvalue weighted by atomic mass is 16.1. The summed E-state index contributed by atoms with van der Waals surface area (Å²) in [6.45, 7) is 4.44. The minimum Gasteiger partial charge on any atom is -0.336 e. The van der Waals surface area contributed by atoms with Crippen molar-refractivity contribution in [3.8, 4) is 0 Å². The van der Waals surface area contributed by atoms with Crippen LogP contribution in [0.1, 0.15) is 16.9 Å². The maximum atomic E-state index is 10.2. The van der Waals surface area contributed by atoms with E-state index in [1.165, 1.54) is 0 Å². The topological polar surface area (TPSA) is 34.9 Å². The van der Waals surface area contributed by atoms with E-state index in [9.17, 15) is 4.79 Å². The number of hydrogen-bond acceptors (Lipinski definition) is 2. The van der Waals surface area contributed by atoms with Crippen LogP contribution in [-0.2, 0) is 6.54 Å². The molecule has 1 aromatic rings. The molecule has 0 bridgehead atoms. The summed E-state index contributed by atoms with van der Waals surface area (Å²) >= 11 is 0. The molecule has 0 radical (unpaired) electrons. The van der Waals surface area contributed by atoms with E-state index >= 15 is 0 Å². The molecule has 1 aromatic heterocycles. The quantitative estimate of drug-likeness (QED) is 0.478. The summed E-state index contributed by atoms with van der Waals surface area (Å²) < 4.78 is 1.87. The van der Waals surface area contributed by atoms with Crippen LogP contribution in [0.2, 0.25) is 0 Å². The first-order valence-electron chi connectivity index (χ1n) is 3.44. The molecule has 0 atom stereocenters. The van der Waals surface area contributed by atoms with Crippen LogP contribution in [0.5, 0.6) is 0 Å². The number of allylic oxidation sites excluding steroid dienone is 1. The number of imidazole rings is 1. The van der Waals surface area contributed by atoms with Gasteiger partial charge in [0.25, 0.3) is 0 Å². The molecule has 0 amide bonds. The van der Waals surface area contributed by atoms with Crippen molar-refractivity contribution in [1.29, 1.82) is 0 Å². The smallest absolute Gasteiger partial charge is 0.169 e. The highest BCUT2D eigenvalue weighted by Crippen LogP contribution is 1.94. The monoisotopic (exact) mass is 150 g/mol. The van der Waals surface area contributed by atoms with Crippen molar-refractivity contribution in [3.05, 3.63) is 30.9 Å². The second kappa shape index (κ2) is 3.71. The lowest BCUT2D eigenvalue weighted by molar-refractivity contribution is 0.111. The van der Waals surface area contributed by atoms with Crippen LogP contribution >= 0.6 is 0 Å². The van der Waals surface area contributed by atoms with Crippen molar-refractivity contribution in [2.45, 2.75) is 13.0 Å². The third kappa shape index (κ3) is 2.04. The molecule has 1 heterocycles. The van der Waals surface area contributed by atoms with Gasteiger partial charge in [-0.05, 0) is 6.42 Å². The van der Waals surface area contributed by atoms with Gasteiger partial charge in [-0.2, -0.15) is 0 Å². The fourth-order valence-corrected chi connectivity index (χ4v) is 0.801. The van der Waals surface area contributed by atoms with Gasteiger partial charge in [-0.1, -0.05) is 6.08 Å². The third-order valence-electron chi connectivity index (χ3n) is 1.37. The molecular weight excluding hydrogens is 140 g/mol. The lowest BCUT2D eigenvalue weighted by Crippen LogP contribution is -1.91. The number of rotatable bonds is 4. The predicted molar refractivity (Wildman–Crippen MR) is 42.4 cm³/mol. The van der Waals surface area contributed by atoms with Crippen molar-refractivity contribution in [2.75, 3.05) is 0 Å². The molecular formula is C8H10N2O. The summed E-state index contributed by atoms with van der Waals surface area (Å²) in [5.41, 5.74) is 0.481. The fraction of sp³-hybridized carbons (Fsp3) is 0.250. The Morgan fingerprint density at radius 3 is 3.09 bits per heavy atom. The summed E-state index contributed by atoms with van der Waals surface area (Å²) in [7, 11) is 0. The molecule has 0 unspecified atom stereocenters. The molecule has 0 aliphatic heterocycles. The molecule has 0 fully saturated rings. The molecule has 0 saturated heterocycles. The van der Waals surface area contributed by atoms with Crippen LogP contribution in [0.3, 0.4) is 0 Å². The van der Waals surface area contributed by atoms with Crippen LogP contribution in [0.4, 0.5) is 0 Å². The number of carbonyl (C=O) groups excluding carboxylic acids is 1. The van der Waals surface area contributed by atoms with Gasteiger partial charge in [-0.25, -0.2) is 4.98 Å². The summed E-state index contributed by atoms with van der Waals surface area (Å²) in [5, 5.41) is 0. The van der Waals surface area contributed by atoms with Gasteiger partial charge in [0.15, 0.2) is 6.29 Å². The second-order valence-electron chi connectivity index (χ2n) is 2.23. The Labute approximate surface area is 65.4 Å². The Bertz CT molecular complexity index is 252. The number of nitrogens with zero attached hydrogens (tertiary/aromatic N) is 2. The van der Waals surface area contributed by atoms with Crippen molar-refractivity contribution in [1.82, 2.24) is 9.55 Å². The molecule has 0 aliphatic rings. The highest BCUT2D eigenvalue weighted by molar-refractivity contribution is 5.70. The molecule has 11 heavy (non-hydrogen) atoms. The average Bonchev–Trinajstić information content (AvgIpc) is 2.48. The number of hydrogen-bond donors (Lipinski definition) is 0. The van der Waals surface area contributed by atoms with Gasteiger partial charge in [0, 0.05) is 12.7 Å². The van der Waals surface area contributed by atoms with Crippen LogP contribution in [0.15, 0.2) is 25.2 Å². The molecule has 58 valence electrons. The number of aryl methyl sites for hydroxylation is 1. The van der Waals surface area contributed by atoms with Gasteiger partial charge >= 0.3 is 0 Å². The number of aromatic nitrogens is 2. The Balaban J connectivity index is 2.57. The molecule has 1 rings (SSSR count). The van der Waals surface area contributed by atoms with Crippen LogP contribution in [-0.4, -0.2) is 15.8 Å². The molecule has 0 spiro atoms. The first-order valence-corrected chi connectivity index (χ1v) is 3.44. The molecule has 0 aliphatic carbocycles. The normalized spacial score (nSPS) is 9.45. The number of aldehydes is 1. The van der Waals surface area contributed by atoms with Gasteiger partial charge < -0.3 is 4.57 Å². The Morgan fingerprint density at radius 1 is 1.73 bits per heavy atom. The van der Waals surface area contributed by atoms with Crippen molar-refractivity contribution >= 4 is 6.29 Å². The summed E-state index contributed by atoms with van der Waals surface area (Å²) in [6.07, 6.45) is 6.84. The second-order valence-corrected chi connectivity index (χ2v) is 2.23. The van der Waals surface area contributed by atoms with Gasteiger partial charge in [-0.15, -0.1) is 6.58 Å². The van der Waals surface area contributed by atoms with Gasteiger partial charge in [0.05, 0.1) is 6.33 Å². The SMILES string of the molecule is C=CCCn1cnc(C=O)c1. The van der Waals surface area contributed by atoms with Crippen molar-refractivity contribution < 1.29 is 4.79 Å². The largest absolute Gasteiger partial charge is 0.336 e. The maximum absolute atomic E-state index is 10.2. The van der Waals surface area contributed by atoms with E-state index in [-0.39, 0.29) is 0 Å². The lowest BCUT2D eigenvalue weighted by atomic mass is 10.4. The van der Waals surface area contributed by atoms with Crippen LogP contribution < -0.4 is 0 Å². The third-order valence-corrected chi connectivity index (χ3v) is 1.37. The van der Waals surface area contributed by atoms with E-state index in [1.807, 2.05) is 10.6 Å². The Morgan fingerprint density at radius 2 is 2.55 bits per heavy atom. The molecule has 3 nitrogen and oxygen atoms in total. The fourth-order valence-electron chi connectivity index (χ4n) is 0.801. The van der Waals surface area contributed by atoms with Gasteiger partial charge in [0.1, 0.15) is 5.69 Å². The van der Waals surface area contributed by atoms with E-state index < -0.39 is 0 Å². The van der Waals surface area contributed by atoms with Crippen molar-refractivity contribution in [3.63, 3.8) is 0 Å². The lowest BCUT2D eigenvalue weighted by Gasteiger charge is -1.94. The zero-order chi connectivity index (χ0) is 8.10. The first kappa shape index (κ1) is 7.72. The van der Waals surface area contributed by atoms with E-state index in [1.54, 1.807) is 12.5 Å². The maximum Gasteiger partial charge on any atom is 0.169 e. The number of carbonyl (C=O) groups is 1. The molecule has 0 N–H and O–H groups in total. The van der Waals surface area contributed by atoms with E-state index in [2.05, 4.69) is 11.6 Å². The summed E-state index contributed by atoms with van der Waals surface area (Å²) in [4.78, 5) is 14.0. The first-order chi connectivity index (χ1) is 5.36. The zero-order valence-corrected chi connectivity index (χ0v) is 6.23. The van der Waals surface area contributed by atoms with E-state index in [0.29, 0.717) is 5.69 Å². The predicted octanol–water partition coefficient (Wildman–Crippen LogP) is 1.27. The van der Waals surface area contributed by atoms with Crippen molar-refractivity contribution in [2.24, 2.45) is 0 Å². The minimum atomic E-state index is 0.481. The Kier molecular flexibility index (Phi) is 2.60. The molecule has 0 aromatic carbocycles.